The summed E-state index contributed by atoms with van der Waals surface area (Å²) < 4.78 is 1.18. The minimum absolute atomic E-state index is 0.196. The first kappa shape index (κ1) is 16.4. The van der Waals surface area contributed by atoms with Gasteiger partial charge in [0.2, 0.25) is 5.91 Å². The third kappa shape index (κ3) is 4.53. The maximum atomic E-state index is 11.7. The Labute approximate surface area is 133 Å². The number of aryl methyl sites for hydroxylation is 1. The van der Waals surface area contributed by atoms with Crippen LogP contribution in [0.1, 0.15) is 37.6 Å². The number of nitrogens with one attached hydrogen (secondary N) is 1. The molecule has 118 valence electrons. The Balaban J connectivity index is 1.72. The van der Waals surface area contributed by atoms with Crippen LogP contribution in [-0.4, -0.2) is 28.0 Å². The van der Waals surface area contributed by atoms with Gasteiger partial charge in [0.15, 0.2) is 0 Å². The van der Waals surface area contributed by atoms with Crippen LogP contribution in [0.5, 0.6) is 0 Å². The number of para-hydroxylation sites is 1. The summed E-state index contributed by atoms with van der Waals surface area (Å²) in [4.78, 5) is 27.1. The number of nitrogens with zero attached hydrogens (tertiary/aromatic N) is 1. The van der Waals surface area contributed by atoms with Gasteiger partial charge in [-0.25, -0.2) is 9.78 Å². The molecule has 0 aliphatic rings. The van der Waals surface area contributed by atoms with E-state index in [2.05, 4.69) is 16.4 Å². The molecule has 1 amide bonds. The van der Waals surface area contributed by atoms with E-state index < -0.39 is 12.0 Å². The van der Waals surface area contributed by atoms with Gasteiger partial charge in [-0.05, 0) is 37.8 Å². The second-order valence-corrected chi connectivity index (χ2v) is 6.26. The summed E-state index contributed by atoms with van der Waals surface area (Å²) in [6.07, 6.45) is 3.21. The molecule has 0 saturated carbocycles. The van der Waals surface area contributed by atoms with Crippen LogP contribution in [0.4, 0.5) is 0 Å². The second kappa shape index (κ2) is 7.89. The topological polar surface area (TPSA) is 79.3 Å². The number of carbonyl (C=O) groups excluding carboxylic acids is 1. The molecule has 0 fully saturated rings. The zero-order chi connectivity index (χ0) is 15.9. The van der Waals surface area contributed by atoms with Gasteiger partial charge in [0.25, 0.3) is 0 Å². The summed E-state index contributed by atoms with van der Waals surface area (Å²) in [5.74, 6) is -1.18. The summed E-state index contributed by atoms with van der Waals surface area (Å²) in [5.41, 5.74) is 1.02. The molecule has 5 nitrogen and oxygen atoms in total. The van der Waals surface area contributed by atoms with Gasteiger partial charge in [-0.2, -0.15) is 0 Å². The van der Waals surface area contributed by atoms with Crippen LogP contribution >= 0.6 is 11.3 Å². The van der Waals surface area contributed by atoms with Gasteiger partial charge >= 0.3 is 5.97 Å². The van der Waals surface area contributed by atoms with E-state index in [1.54, 1.807) is 18.3 Å². The normalized spacial score (nSPS) is 12.2. The number of carbonyl (C=O) groups is 2. The lowest BCUT2D eigenvalue weighted by molar-refractivity contribution is -0.141. The fraction of sp³-hybridized carbons (Fsp3) is 0.438. The quantitative estimate of drug-likeness (QED) is 0.733. The Morgan fingerprint density at radius 1 is 1.32 bits per heavy atom. The summed E-state index contributed by atoms with van der Waals surface area (Å²) in [6.45, 7) is 1.74. The SMILES string of the molecule is CCC(NC(=O)CCCCc1nc2ccccc2s1)C(=O)O. The van der Waals surface area contributed by atoms with Crippen molar-refractivity contribution in [2.24, 2.45) is 0 Å². The predicted molar refractivity (Wildman–Crippen MR) is 87.0 cm³/mol. The molecule has 0 bridgehead atoms. The summed E-state index contributed by atoms with van der Waals surface area (Å²) in [6, 6.07) is 7.25. The standard InChI is InChI=1S/C16H20N2O3S/c1-2-11(16(20)21)17-14(19)9-5-6-10-15-18-12-7-3-4-8-13(12)22-15/h3-4,7-8,11H,2,5-6,9-10H2,1H3,(H,17,19)(H,20,21). The van der Waals surface area contributed by atoms with Gasteiger partial charge in [-0.15, -0.1) is 11.3 Å². The Bertz CT molecular complexity index is 621. The number of hydrogen-bond donors (Lipinski definition) is 2. The lowest BCUT2D eigenvalue weighted by Crippen LogP contribution is -2.40. The molecule has 0 saturated heterocycles. The fourth-order valence-corrected chi connectivity index (χ4v) is 3.20. The first-order chi connectivity index (χ1) is 10.6. The van der Waals surface area contributed by atoms with Crippen LogP contribution in [-0.2, 0) is 16.0 Å². The molecule has 1 heterocycles. The number of aliphatic carboxylic acids is 1. The number of unbranched alkanes of at least 4 members (excludes halogenated alkanes) is 1. The van der Waals surface area contributed by atoms with Gasteiger partial charge in [-0.1, -0.05) is 19.1 Å². The lowest BCUT2D eigenvalue weighted by atomic mass is 10.1. The van der Waals surface area contributed by atoms with E-state index in [4.69, 9.17) is 5.11 Å². The van der Waals surface area contributed by atoms with Crippen LogP contribution in [0.3, 0.4) is 0 Å². The number of fused-ring (bicyclic) bond motifs is 1. The van der Waals surface area contributed by atoms with Gasteiger partial charge in [0, 0.05) is 6.42 Å². The molecule has 2 rings (SSSR count). The smallest absolute Gasteiger partial charge is 0.326 e. The monoisotopic (exact) mass is 320 g/mol. The molecule has 0 aliphatic carbocycles. The molecule has 0 aliphatic heterocycles. The molecule has 1 unspecified atom stereocenters. The van der Waals surface area contributed by atoms with Crippen LogP contribution in [0.15, 0.2) is 24.3 Å². The highest BCUT2D eigenvalue weighted by molar-refractivity contribution is 7.18. The number of benzene rings is 1. The number of amides is 1. The number of carboxylic acid groups (broad SMARTS) is 1. The van der Waals surface area contributed by atoms with Crippen LogP contribution in [0.25, 0.3) is 10.2 Å². The van der Waals surface area contributed by atoms with Crippen molar-refractivity contribution in [1.82, 2.24) is 10.3 Å². The molecule has 2 N–H and O–H groups in total. The van der Waals surface area contributed by atoms with Gasteiger partial charge in [0.05, 0.1) is 15.2 Å². The van der Waals surface area contributed by atoms with Crippen molar-refractivity contribution in [3.8, 4) is 0 Å². The molecule has 22 heavy (non-hydrogen) atoms. The molecule has 1 aromatic carbocycles. The first-order valence-corrected chi connectivity index (χ1v) is 8.28. The van der Waals surface area contributed by atoms with Gasteiger partial charge < -0.3 is 10.4 Å². The van der Waals surface area contributed by atoms with Crippen molar-refractivity contribution >= 4 is 33.4 Å². The summed E-state index contributed by atoms with van der Waals surface area (Å²) >= 11 is 1.68. The Morgan fingerprint density at radius 3 is 2.77 bits per heavy atom. The number of rotatable bonds is 8. The maximum Gasteiger partial charge on any atom is 0.326 e. The van der Waals surface area contributed by atoms with E-state index in [1.165, 1.54) is 4.70 Å². The zero-order valence-corrected chi connectivity index (χ0v) is 13.4. The summed E-state index contributed by atoms with van der Waals surface area (Å²) in [5, 5.41) is 12.5. The van der Waals surface area contributed by atoms with E-state index in [0.29, 0.717) is 12.8 Å². The van der Waals surface area contributed by atoms with Crippen molar-refractivity contribution in [3.63, 3.8) is 0 Å². The molecular weight excluding hydrogens is 300 g/mol. The summed E-state index contributed by atoms with van der Waals surface area (Å²) in [7, 11) is 0. The van der Waals surface area contributed by atoms with Crippen molar-refractivity contribution in [1.29, 1.82) is 0 Å². The third-order valence-electron chi connectivity index (χ3n) is 3.42. The van der Waals surface area contributed by atoms with Crippen molar-refractivity contribution in [2.75, 3.05) is 0 Å². The molecule has 0 radical (unpaired) electrons. The van der Waals surface area contributed by atoms with E-state index in [9.17, 15) is 9.59 Å². The molecule has 2 aromatic rings. The largest absolute Gasteiger partial charge is 0.480 e. The van der Waals surface area contributed by atoms with Gasteiger partial charge in [-0.3, -0.25) is 4.79 Å². The van der Waals surface area contributed by atoms with Crippen LogP contribution in [0.2, 0.25) is 0 Å². The van der Waals surface area contributed by atoms with E-state index in [0.717, 1.165) is 29.8 Å². The average molecular weight is 320 g/mol. The van der Waals surface area contributed by atoms with Crippen LogP contribution in [0, 0.1) is 0 Å². The number of hydrogen-bond acceptors (Lipinski definition) is 4. The second-order valence-electron chi connectivity index (χ2n) is 5.15. The van der Waals surface area contributed by atoms with Crippen molar-refractivity contribution < 1.29 is 14.7 Å². The third-order valence-corrected chi connectivity index (χ3v) is 4.52. The highest BCUT2D eigenvalue weighted by atomic mass is 32.1. The van der Waals surface area contributed by atoms with E-state index in [1.807, 2.05) is 18.2 Å². The maximum absolute atomic E-state index is 11.7. The molecule has 1 atom stereocenters. The molecule has 0 spiro atoms. The Kier molecular flexibility index (Phi) is 5.89. The minimum atomic E-state index is -0.981. The Hall–Kier alpha value is -1.95. The van der Waals surface area contributed by atoms with E-state index in [-0.39, 0.29) is 5.91 Å². The zero-order valence-electron chi connectivity index (χ0n) is 12.5. The van der Waals surface area contributed by atoms with E-state index >= 15 is 0 Å². The van der Waals surface area contributed by atoms with Crippen LogP contribution < -0.4 is 5.32 Å². The fourth-order valence-electron chi connectivity index (χ4n) is 2.19. The lowest BCUT2D eigenvalue weighted by Gasteiger charge is -2.11. The van der Waals surface area contributed by atoms with Gasteiger partial charge in [0.1, 0.15) is 6.04 Å². The molecule has 1 aromatic heterocycles. The highest BCUT2D eigenvalue weighted by Gasteiger charge is 2.16. The minimum Gasteiger partial charge on any atom is -0.480 e. The number of aromatic nitrogens is 1. The average Bonchev–Trinajstić information content (AvgIpc) is 2.91. The van der Waals surface area contributed by atoms with Crippen molar-refractivity contribution in [2.45, 2.75) is 45.1 Å². The Morgan fingerprint density at radius 2 is 2.09 bits per heavy atom. The molecular formula is C16H20N2O3S. The van der Waals surface area contributed by atoms with Crippen molar-refractivity contribution in [3.05, 3.63) is 29.3 Å². The molecule has 6 heteroatoms. The number of carboxylic acids is 1. The highest BCUT2D eigenvalue weighted by Crippen LogP contribution is 2.22. The first-order valence-electron chi connectivity index (χ1n) is 7.46. The predicted octanol–water partition coefficient (Wildman–Crippen LogP) is 2.99. The number of thiazole rings is 1.